The number of amides is 2. The number of ether oxygens (including phenoxy) is 5. The van der Waals surface area contributed by atoms with Gasteiger partial charge in [0.05, 0.1) is 78.2 Å². The summed E-state index contributed by atoms with van der Waals surface area (Å²) in [6.07, 6.45) is 2.96. The predicted molar refractivity (Wildman–Crippen MR) is 324 cm³/mol. The third kappa shape index (κ3) is 12.7. The Kier molecular flexibility index (Phi) is 16.7. The second-order valence-corrected chi connectivity index (χ2v) is 27.2. The largest absolute Gasteiger partial charge is 0.457 e. The number of para-hydroxylation sites is 2. The molecule has 0 bridgehead atoms. The Labute approximate surface area is 485 Å². The van der Waals surface area contributed by atoms with E-state index in [9.17, 15) is 19.2 Å². The quantitative estimate of drug-likeness (QED) is 0.0438. The highest BCUT2D eigenvalue weighted by Crippen LogP contribution is 2.31. The predicted octanol–water partition coefficient (Wildman–Crippen LogP) is 10.6. The number of morpholine rings is 2. The Hall–Kier alpha value is -9.60. The highest BCUT2D eigenvalue weighted by molar-refractivity contribution is 6.76. The maximum Gasteiger partial charge on any atom is 0.254 e. The van der Waals surface area contributed by atoms with Gasteiger partial charge < -0.3 is 54.5 Å². The molecule has 20 heteroatoms. The van der Waals surface area contributed by atoms with Crippen LogP contribution in [0.4, 0.5) is 11.6 Å². The van der Waals surface area contributed by atoms with Gasteiger partial charge in [-0.15, -0.1) is 0 Å². The van der Waals surface area contributed by atoms with Crippen LogP contribution in [-0.2, 0) is 20.9 Å². The molecule has 0 atom stereocenters. The number of aromatic nitrogens is 6. The minimum absolute atomic E-state index is 0.0463. The van der Waals surface area contributed by atoms with E-state index in [-0.39, 0.29) is 52.9 Å². The van der Waals surface area contributed by atoms with Gasteiger partial charge in [-0.25, -0.2) is 9.36 Å². The zero-order valence-electron chi connectivity index (χ0n) is 46.9. The molecule has 6 heterocycles. The van der Waals surface area contributed by atoms with Gasteiger partial charge in [-0.05, 0) is 127 Å². The minimum atomic E-state index is -1.31. The Bertz CT molecular complexity index is 3970. The molecule has 12 rings (SSSR count). The fraction of sp³-hybridized carbons (Fsp3) is 0.219. The summed E-state index contributed by atoms with van der Waals surface area (Å²) in [6.45, 7) is 12.1. The van der Waals surface area contributed by atoms with E-state index in [1.165, 1.54) is 21.8 Å². The molecule has 6 aromatic carbocycles. The summed E-state index contributed by atoms with van der Waals surface area (Å²) in [4.78, 5) is 60.2. The van der Waals surface area contributed by atoms with Crippen molar-refractivity contribution in [2.75, 3.05) is 70.7 Å². The number of nitrogens with one attached hydrogen (secondary N) is 1. The van der Waals surface area contributed by atoms with E-state index in [1.807, 2.05) is 144 Å². The molecule has 2 aliphatic heterocycles. The number of hydrogen-bond acceptors (Lipinski definition) is 13. The molecule has 2 aliphatic rings. The van der Waals surface area contributed by atoms with Crippen molar-refractivity contribution in [3.05, 3.63) is 204 Å². The Morgan fingerprint density at radius 2 is 1.04 bits per heavy atom. The average molecular weight is 1150 g/mol. The fourth-order valence-electron chi connectivity index (χ4n) is 9.87. The number of fused-ring (bicyclic) bond motifs is 2. The van der Waals surface area contributed by atoms with E-state index < -0.39 is 8.07 Å². The van der Waals surface area contributed by atoms with Gasteiger partial charge in [0.25, 0.3) is 11.8 Å². The molecule has 10 aromatic rings. The number of anilines is 2. The Balaban J connectivity index is 0.000000178. The summed E-state index contributed by atoms with van der Waals surface area (Å²) in [6, 6.07) is 49.1. The van der Waals surface area contributed by atoms with Gasteiger partial charge in [0.1, 0.15) is 41.4 Å². The van der Waals surface area contributed by atoms with Crippen molar-refractivity contribution in [3.63, 3.8) is 0 Å². The monoisotopic (exact) mass is 1140 g/mol. The zero-order valence-corrected chi connectivity index (χ0v) is 47.9. The summed E-state index contributed by atoms with van der Waals surface area (Å²) in [5.74, 6) is 2.61. The smallest absolute Gasteiger partial charge is 0.254 e. The number of nitrogens with two attached hydrogens (primary N) is 2. The number of hydrogen-bond donors (Lipinski definition) is 3. The molecule has 0 unspecified atom stereocenters. The van der Waals surface area contributed by atoms with Crippen molar-refractivity contribution in [1.29, 1.82) is 0 Å². The first-order valence-electron chi connectivity index (χ1n) is 27.8. The van der Waals surface area contributed by atoms with Crippen molar-refractivity contribution in [2.24, 2.45) is 0 Å². The van der Waals surface area contributed by atoms with Crippen LogP contribution in [0.25, 0.3) is 33.2 Å². The first kappa shape index (κ1) is 56.3. The zero-order chi connectivity index (χ0) is 58.3. The van der Waals surface area contributed by atoms with Crippen LogP contribution >= 0.6 is 0 Å². The molecule has 2 amide bonds. The lowest BCUT2D eigenvalue weighted by Gasteiger charge is -2.26. The molecule has 428 valence electrons. The van der Waals surface area contributed by atoms with Crippen molar-refractivity contribution in [2.45, 2.75) is 32.4 Å². The number of benzene rings is 6. The van der Waals surface area contributed by atoms with Crippen LogP contribution in [0.5, 0.6) is 23.0 Å². The van der Waals surface area contributed by atoms with Gasteiger partial charge >= 0.3 is 0 Å². The summed E-state index contributed by atoms with van der Waals surface area (Å²) in [5, 5.41) is 10.3. The standard InChI is InChI=1S/C35H39N5O5Si.C29H25N5O4/c1-46(2,3)20-19-44-24-39-31-14-9-25(35(42)38-15-17-43-18-16-38)21-26(31)22-32(39)33(41)30-23-37-40(34(30)36)27-10-12-29(13-11-27)45-28-7-5-4-6-8-28;30-28-24(18-31-34(28)21-7-9-23(10-8-21)38-22-4-2-1-3-5-22)27(35)26-17-20-16-19(6-11-25(20)32-26)29(36)33-12-14-37-15-13-33/h4-14,21-23H,15-20,24,36H2,1-3H3;1-11,16-18,32H,12-15,30H2. The summed E-state index contributed by atoms with van der Waals surface area (Å²) in [5.41, 5.74) is 18.3. The molecule has 0 saturated carbocycles. The molecule has 0 spiro atoms. The molecule has 4 aromatic heterocycles. The third-order valence-corrected chi connectivity index (χ3v) is 16.2. The van der Waals surface area contributed by atoms with Gasteiger partial charge in [0.2, 0.25) is 11.6 Å². The number of H-pyrrole nitrogens is 1. The molecule has 84 heavy (non-hydrogen) atoms. The molecule has 0 aliphatic carbocycles. The van der Waals surface area contributed by atoms with Gasteiger partial charge in [0.15, 0.2) is 0 Å². The summed E-state index contributed by atoms with van der Waals surface area (Å²) < 4.78 is 33.5. The normalized spacial score (nSPS) is 13.6. The van der Waals surface area contributed by atoms with Crippen LogP contribution < -0.4 is 20.9 Å². The second-order valence-electron chi connectivity index (χ2n) is 21.6. The first-order valence-corrected chi connectivity index (χ1v) is 31.5. The number of ketones is 2. The average Bonchev–Trinajstić information content (AvgIpc) is 4.17. The molecule has 2 fully saturated rings. The topological polar surface area (TPSA) is 229 Å². The number of aromatic amines is 1. The lowest BCUT2D eigenvalue weighted by molar-refractivity contribution is 0.0301. The van der Waals surface area contributed by atoms with Crippen LogP contribution in [0.1, 0.15) is 52.8 Å². The van der Waals surface area contributed by atoms with Gasteiger partial charge in [-0.3, -0.25) is 19.2 Å². The van der Waals surface area contributed by atoms with Crippen molar-refractivity contribution >= 4 is 64.9 Å². The van der Waals surface area contributed by atoms with E-state index in [0.29, 0.717) is 105 Å². The molecule has 5 N–H and O–H groups in total. The van der Waals surface area contributed by atoms with E-state index in [0.717, 1.165) is 39.3 Å². The maximum absolute atomic E-state index is 14.1. The molecular weight excluding hydrogens is 1080 g/mol. The van der Waals surface area contributed by atoms with E-state index in [1.54, 1.807) is 28.0 Å². The first-order chi connectivity index (χ1) is 40.7. The van der Waals surface area contributed by atoms with Crippen molar-refractivity contribution < 1.29 is 42.9 Å². The van der Waals surface area contributed by atoms with Crippen LogP contribution in [0.15, 0.2) is 170 Å². The fourth-order valence-corrected chi connectivity index (χ4v) is 10.6. The lowest BCUT2D eigenvalue weighted by Crippen LogP contribution is -2.40. The summed E-state index contributed by atoms with van der Waals surface area (Å²) >= 11 is 0. The lowest BCUT2D eigenvalue weighted by atomic mass is 10.1. The Morgan fingerprint density at radius 1 is 0.560 bits per heavy atom. The Morgan fingerprint density at radius 3 is 1.55 bits per heavy atom. The van der Waals surface area contributed by atoms with Gasteiger partial charge in [-0.1, -0.05) is 56.0 Å². The van der Waals surface area contributed by atoms with Gasteiger partial charge in [-0.2, -0.15) is 10.2 Å². The highest BCUT2D eigenvalue weighted by atomic mass is 28.3. The van der Waals surface area contributed by atoms with Crippen molar-refractivity contribution in [1.82, 2.24) is 38.9 Å². The molecule has 19 nitrogen and oxygen atoms in total. The molecule has 0 radical (unpaired) electrons. The number of rotatable bonds is 17. The van der Waals surface area contributed by atoms with Crippen LogP contribution in [0.2, 0.25) is 25.7 Å². The van der Waals surface area contributed by atoms with Crippen LogP contribution in [0.3, 0.4) is 0 Å². The third-order valence-electron chi connectivity index (χ3n) is 14.5. The minimum Gasteiger partial charge on any atom is -0.457 e. The number of carbonyl (C=O) groups is 4. The highest BCUT2D eigenvalue weighted by Gasteiger charge is 2.26. The molecule has 2 saturated heterocycles. The number of carbonyl (C=O) groups excluding carboxylic acids is 4. The van der Waals surface area contributed by atoms with Crippen LogP contribution in [-0.4, -0.2) is 130 Å². The summed E-state index contributed by atoms with van der Waals surface area (Å²) in [7, 11) is -1.31. The second kappa shape index (κ2) is 24.9. The van der Waals surface area contributed by atoms with Crippen molar-refractivity contribution in [3.8, 4) is 34.4 Å². The van der Waals surface area contributed by atoms with Crippen LogP contribution in [0, 0.1) is 0 Å². The molecular formula is C64H64N10O9Si. The number of nitrogens with zero attached hydrogens (tertiary/aromatic N) is 7. The van der Waals surface area contributed by atoms with Gasteiger partial charge in [0, 0.05) is 68.3 Å². The van der Waals surface area contributed by atoms with E-state index >= 15 is 0 Å². The van der Waals surface area contributed by atoms with E-state index in [4.69, 9.17) is 35.2 Å². The number of nitrogen functional groups attached to an aromatic ring is 2. The van der Waals surface area contributed by atoms with E-state index in [2.05, 4.69) is 34.8 Å². The maximum atomic E-state index is 14.1. The SMILES string of the molecule is C[Si](C)(C)CCOCn1c(C(=O)c2cnn(-c3ccc(Oc4ccccc4)cc3)c2N)cc2cc(C(=O)N3CCOCC3)ccc21.Nc1c(C(=O)c2cc3cc(C(=O)N4CCOCC4)ccc3[nH]2)cnn1-c1ccc(Oc2ccccc2)cc1.